The standard InChI is InChI=1S/C18H18N2O3S2/c1-4-23-17(22)11(3)25-18-19-15(21)14-13(10(2)24-16(14)20-18)12-8-6-5-7-9-12/h5-9,11H,4H2,1-3H3,(H,19,20,21)/t11-/m1/s1. The molecule has 1 aromatic carbocycles. The lowest BCUT2D eigenvalue weighted by Crippen LogP contribution is -2.18. The molecule has 3 aromatic rings. The van der Waals surface area contributed by atoms with Crippen molar-refractivity contribution in [3.63, 3.8) is 0 Å². The first kappa shape index (κ1) is 17.7. The number of thioether (sulfide) groups is 1. The Bertz CT molecular complexity index is 964. The summed E-state index contributed by atoms with van der Waals surface area (Å²) in [7, 11) is 0. The van der Waals surface area contributed by atoms with Crippen LogP contribution in [0.25, 0.3) is 21.3 Å². The van der Waals surface area contributed by atoms with Gasteiger partial charge in [-0.25, -0.2) is 4.98 Å². The Hall–Kier alpha value is -2.12. The molecule has 1 atom stereocenters. The van der Waals surface area contributed by atoms with Crippen molar-refractivity contribution in [3.8, 4) is 11.1 Å². The molecule has 0 bridgehead atoms. The van der Waals surface area contributed by atoms with Gasteiger partial charge in [0, 0.05) is 10.4 Å². The van der Waals surface area contributed by atoms with Crippen LogP contribution >= 0.6 is 23.1 Å². The van der Waals surface area contributed by atoms with Crippen LogP contribution in [0.15, 0.2) is 40.3 Å². The molecule has 0 aliphatic rings. The fourth-order valence-corrected chi connectivity index (χ4v) is 4.48. The third kappa shape index (κ3) is 3.62. The van der Waals surface area contributed by atoms with Crippen LogP contribution in [0.3, 0.4) is 0 Å². The van der Waals surface area contributed by atoms with Crippen molar-refractivity contribution in [1.82, 2.24) is 9.97 Å². The van der Waals surface area contributed by atoms with Crippen molar-refractivity contribution in [2.45, 2.75) is 31.2 Å². The number of hydrogen-bond donors (Lipinski definition) is 1. The fourth-order valence-electron chi connectivity index (χ4n) is 2.58. The lowest BCUT2D eigenvalue weighted by molar-refractivity contribution is -0.142. The van der Waals surface area contributed by atoms with Crippen molar-refractivity contribution in [3.05, 3.63) is 45.6 Å². The van der Waals surface area contributed by atoms with E-state index in [1.165, 1.54) is 23.1 Å². The highest BCUT2D eigenvalue weighted by atomic mass is 32.2. The Morgan fingerprint density at radius 1 is 1.36 bits per heavy atom. The van der Waals surface area contributed by atoms with E-state index in [0.29, 0.717) is 22.0 Å². The Kier molecular flexibility index (Phi) is 5.24. The van der Waals surface area contributed by atoms with Crippen molar-refractivity contribution in [2.75, 3.05) is 6.61 Å². The number of H-pyrrole nitrogens is 1. The van der Waals surface area contributed by atoms with Gasteiger partial charge in [-0.3, -0.25) is 9.59 Å². The molecule has 7 heteroatoms. The number of rotatable bonds is 5. The largest absolute Gasteiger partial charge is 0.465 e. The number of aromatic amines is 1. The van der Waals surface area contributed by atoms with Gasteiger partial charge in [-0.2, -0.15) is 0 Å². The molecule has 2 aromatic heterocycles. The van der Waals surface area contributed by atoms with E-state index < -0.39 is 5.25 Å². The first-order valence-electron chi connectivity index (χ1n) is 7.93. The van der Waals surface area contributed by atoms with Crippen molar-refractivity contribution in [1.29, 1.82) is 0 Å². The van der Waals surface area contributed by atoms with Crippen molar-refractivity contribution < 1.29 is 9.53 Å². The Labute approximate surface area is 153 Å². The SMILES string of the molecule is CCOC(=O)[C@@H](C)Sc1nc2sc(C)c(-c3ccccc3)c2c(=O)[nH]1. The smallest absolute Gasteiger partial charge is 0.319 e. The van der Waals surface area contributed by atoms with Crippen LogP contribution in [0.2, 0.25) is 0 Å². The maximum Gasteiger partial charge on any atom is 0.319 e. The summed E-state index contributed by atoms with van der Waals surface area (Å²) in [6.07, 6.45) is 0. The number of carbonyl (C=O) groups is 1. The number of benzene rings is 1. The van der Waals surface area contributed by atoms with E-state index in [9.17, 15) is 9.59 Å². The second-order valence-electron chi connectivity index (χ2n) is 5.46. The zero-order chi connectivity index (χ0) is 18.0. The number of aromatic nitrogens is 2. The molecule has 0 aliphatic carbocycles. The average Bonchev–Trinajstić information content (AvgIpc) is 2.92. The van der Waals surface area contributed by atoms with Crippen molar-refractivity contribution in [2.24, 2.45) is 0 Å². The molecule has 2 heterocycles. The van der Waals surface area contributed by atoms with E-state index >= 15 is 0 Å². The van der Waals surface area contributed by atoms with E-state index in [1.54, 1.807) is 13.8 Å². The second kappa shape index (κ2) is 7.41. The molecule has 0 saturated carbocycles. The number of nitrogens with one attached hydrogen (secondary N) is 1. The lowest BCUT2D eigenvalue weighted by Gasteiger charge is -2.09. The number of thiophene rings is 1. The van der Waals surface area contributed by atoms with E-state index in [2.05, 4.69) is 9.97 Å². The van der Waals surface area contributed by atoms with Gasteiger partial charge in [-0.15, -0.1) is 11.3 Å². The van der Waals surface area contributed by atoms with Crippen LogP contribution in [-0.2, 0) is 9.53 Å². The van der Waals surface area contributed by atoms with Crippen LogP contribution < -0.4 is 5.56 Å². The van der Waals surface area contributed by atoms with E-state index in [4.69, 9.17) is 4.74 Å². The number of ether oxygens (including phenoxy) is 1. The van der Waals surface area contributed by atoms with Gasteiger partial charge in [-0.05, 0) is 26.3 Å². The van der Waals surface area contributed by atoms with Crippen LogP contribution in [0, 0.1) is 6.92 Å². The van der Waals surface area contributed by atoms with Gasteiger partial charge < -0.3 is 9.72 Å². The first-order valence-corrected chi connectivity index (χ1v) is 9.63. The van der Waals surface area contributed by atoms with Crippen LogP contribution in [0.5, 0.6) is 0 Å². The molecule has 0 radical (unpaired) electrons. The maximum absolute atomic E-state index is 12.7. The van der Waals surface area contributed by atoms with E-state index in [1.807, 2.05) is 37.3 Å². The third-order valence-corrected chi connectivity index (χ3v) is 5.65. The predicted octanol–water partition coefficient (Wildman–Crippen LogP) is 4.00. The van der Waals surface area contributed by atoms with Crippen LogP contribution in [0.4, 0.5) is 0 Å². The van der Waals surface area contributed by atoms with Gasteiger partial charge >= 0.3 is 5.97 Å². The number of esters is 1. The fraction of sp³-hybridized carbons (Fsp3) is 0.278. The topological polar surface area (TPSA) is 72.0 Å². The number of nitrogens with zero attached hydrogens (tertiary/aromatic N) is 1. The molecule has 0 fully saturated rings. The summed E-state index contributed by atoms with van der Waals surface area (Å²) in [4.78, 5) is 33.5. The normalized spacial score (nSPS) is 12.3. The highest BCUT2D eigenvalue weighted by molar-refractivity contribution is 8.00. The number of fused-ring (bicyclic) bond motifs is 1. The summed E-state index contributed by atoms with van der Waals surface area (Å²) in [6, 6.07) is 9.82. The third-order valence-electron chi connectivity index (χ3n) is 3.69. The van der Waals surface area contributed by atoms with Gasteiger partial charge in [0.2, 0.25) is 0 Å². The van der Waals surface area contributed by atoms with Gasteiger partial charge in [0.1, 0.15) is 10.1 Å². The highest BCUT2D eigenvalue weighted by Crippen LogP contribution is 2.36. The Morgan fingerprint density at radius 2 is 2.08 bits per heavy atom. The molecule has 0 amide bonds. The quantitative estimate of drug-likeness (QED) is 0.415. The number of aryl methyl sites for hydroxylation is 1. The number of hydrogen-bond acceptors (Lipinski definition) is 6. The first-order chi connectivity index (χ1) is 12.0. The van der Waals surface area contributed by atoms with Gasteiger partial charge in [-0.1, -0.05) is 42.1 Å². The summed E-state index contributed by atoms with van der Waals surface area (Å²) in [6.45, 7) is 5.82. The highest BCUT2D eigenvalue weighted by Gasteiger charge is 2.20. The van der Waals surface area contributed by atoms with Gasteiger partial charge in [0.25, 0.3) is 5.56 Å². The molecule has 1 N–H and O–H groups in total. The summed E-state index contributed by atoms with van der Waals surface area (Å²) >= 11 is 2.68. The molecule has 3 rings (SSSR count). The molecular formula is C18H18N2O3S2. The minimum Gasteiger partial charge on any atom is -0.465 e. The lowest BCUT2D eigenvalue weighted by atomic mass is 10.0. The molecule has 5 nitrogen and oxygen atoms in total. The van der Waals surface area contributed by atoms with Crippen molar-refractivity contribution >= 4 is 39.3 Å². The summed E-state index contributed by atoms with van der Waals surface area (Å²) in [5.41, 5.74) is 1.73. The molecule has 0 spiro atoms. The van der Waals surface area contributed by atoms with E-state index in [-0.39, 0.29) is 11.5 Å². The second-order valence-corrected chi connectivity index (χ2v) is 8.00. The van der Waals surface area contributed by atoms with Crippen LogP contribution in [0.1, 0.15) is 18.7 Å². The monoisotopic (exact) mass is 374 g/mol. The summed E-state index contributed by atoms with van der Waals surface area (Å²) < 4.78 is 5.00. The molecule has 25 heavy (non-hydrogen) atoms. The van der Waals surface area contributed by atoms with Crippen LogP contribution in [-0.4, -0.2) is 27.8 Å². The maximum atomic E-state index is 12.7. The molecule has 0 unspecified atom stereocenters. The molecule has 130 valence electrons. The minimum atomic E-state index is -0.435. The average molecular weight is 374 g/mol. The van der Waals surface area contributed by atoms with Gasteiger partial charge in [0.05, 0.1) is 12.0 Å². The molecular weight excluding hydrogens is 356 g/mol. The van der Waals surface area contributed by atoms with E-state index in [0.717, 1.165) is 16.0 Å². The van der Waals surface area contributed by atoms with Gasteiger partial charge in [0.15, 0.2) is 5.16 Å². The summed E-state index contributed by atoms with van der Waals surface area (Å²) in [5.74, 6) is -0.317. The zero-order valence-corrected chi connectivity index (χ0v) is 15.8. The minimum absolute atomic E-state index is 0.188. The zero-order valence-electron chi connectivity index (χ0n) is 14.2. The Morgan fingerprint density at radius 3 is 2.76 bits per heavy atom. The molecule has 0 aliphatic heterocycles. The molecule has 0 saturated heterocycles. The number of carbonyl (C=O) groups excluding carboxylic acids is 1. The predicted molar refractivity (Wildman–Crippen MR) is 102 cm³/mol. The Balaban J connectivity index is 2.02. The summed E-state index contributed by atoms with van der Waals surface area (Å²) in [5, 5.41) is 0.593.